The molecule has 10 aromatic carbocycles. The van der Waals surface area contributed by atoms with Gasteiger partial charge in [-0.15, -0.1) is 0 Å². The summed E-state index contributed by atoms with van der Waals surface area (Å²) < 4.78 is 0. The van der Waals surface area contributed by atoms with E-state index in [1.807, 2.05) is 13.8 Å². The van der Waals surface area contributed by atoms with E-state index in [1.54, 1.807) is 0 Å². The topological polar surface area (TPSA) is 6.48 Å². The van der Waals surface area contributed by atoms with E-state index in [-0.39, 0.29) is 0 Å². The van der Waals surface area contributed by atoms with Gasteiger partial charge in [0.2, 0.25) is 0 Å². The number of anilines is 5. The molecule has 0 atom stereocenters. The number of aryl methyl sites for hydroxylation is 4. The van der Waals surface area contributed by atoms with E-state index >= 15 is 0 Å². The molecule has 0 fully saturated rings. The molecular formula is C57H54N2. The third kappa shape index (κ3) is 7.48. The van der Waals surface area contributed by atoms with Crippen molar-refractivity contribution in [3.8, 4) is 0 Å². The SMILES string of the molecule is CC.CCCN(c1ccc(C)cc1)c1ccc(C)cc1.Cc1ccc(N(c2ccc(C)cc2)c2c3ccccc3c3c4cccc5cccc(c6cccc2c63)c54)cc1. The minimum Gasteiger partial charge on any atom is -0.342 e. The summed E-state index contributed by atoms with van der Waals surface area (Å²) in [6, 6.07) is 64.6. The van der Waals surface area contributed by atoms with Crippen molar-refractivity contribution in [2.24, 2.45) is 0 Å². The molecule has 59 heavy (non-hydrogen) atoms. The van der Waals surface area contributed by atoms with Gasteiger partial charge < -0.3 is 9.80 Å². The zero-order valence-electron chi connectivity index (χ0n) is 35.6. The van der Waals surface area contributed by atoms with Crippen LogP contribution in [0.1, 0.15) is 49.4 Å². The van der Waals surface area contributed by atoms with Crippen LogP contribution < -0.4 is 9.80 Å². The van der Waals surface area contributed by atoms with Gasteiger partial charge in [-0.05, 0) is 120 Å². The highest BCUT2D eigenvalue weighted by molar-refractivity contribution is 6.40. The summed E-state index contributed by atoms with van der Waals surface area (Å²) >= 11 is 0. The van der Waals surface area contributed by atoms with Gasteiger partial charge in [-0.2, -0.15) is 0 Å². The number of rotatable bonds is 7. The fraction of sp³-hybridized carbons (Fsp3) is 0.158. The lowest BCUT2D eigenvalue weighted by Gasteiger charge is -2.30. The molecule has 0 unspecified atom stereocenters. The standard InChI is InChI=1S/C38H27N.C17H21N.C2H6/c1-24-16-20-27(21-17-24)39(28-22-18-25(2)19-23-28)38-32-11-4-3-10-31(32)36-33-14-6-9-26-8-5-12-29(35(26)33)30-13-7-15-34(38)37(30)36;1-4-13-18(16-9-5-14(2)6-10-16)17-11-7-15(3)8-12-17;1-2/h3-23H,1-2H3;5-12H,4,13H2,1-3H3;1-2H3. The number of hydrogen-bond acceptors (Lipinski definition) is 2. The highest BCUT2D eigenvalue weighted by Gasteiger charge is 2.23. The molecule has 0 aliphatic heterocycles. The maximum atomic E-state index is 2.45. The Labute approximate surface area is 350 Å². The molecule has 0 N–H and O–H groups in total. The molecule has 2 heteroatoms. The highest BCUT2D eigenvalue weighted by atomic mass is 15.1. The molecule has 0 aliphatic carbocycles. The Hall–Kier alpha value is -6.64. The van der Waals surface area contributed by atoms with Crippen molar-refractivity contribution >= 4 is 82.3 Å². The predicted molar refractivity (Wildman–Crippen MR) is 260 cm³/mol. The molecule has 10 rings (SSSR count). The molecule has 0 heterocycles. The van der Waals surface area contributed by atoms with Crippen LogP contribution in [0.2, 0.25) is 0 Å². The summed E-state index contributed by atoms with van der Waals surface area (Å²) in [5.41, 5.74) is 11.2. The lowest BCUT2D eigenvalue weighted by Crippen LogP contribution is -2.17. The Balaban J connectivity index is 0.000000204. The van der Waals surface area contributed by atoms with Crippen molar-refractivity contribution in [3.63, 3.8) is 0 Å². The van der Waals surface area contributed by atoms with E-state index in [1.165, 1.54) is 93.2 Å². The second kappa shape index (κ2) is 17.1. The van der Waals surface area contributed by atoms with Crippen LogP contribution >= 0.6 is 0 Å². The summed E-state index contributed by atoms with van der Waals surface area (Å²) in [6.45, 7) is 15.8. The Kier molecular flexibility index (Phi) is 11.3. The second-order valence-electron chi connectivity index (χ2n) is 15.5. The maximum Gasteiger partial charge on any atom is 0.0619 e. The van der Waals surface area contributed by atoms with Gasteiger partial charge in [0.05, 0.1) is 5.69 Å². The summed E-state index contributed by atoms with van der Waals surface area (Å²) in [7, 11) is 0. The largest absolute Gasteiger partial charge is 0.342 e. The van der Waals surface area contributed by atoms with Gasteiger partial charge in [0.15, 0.2) is 0 Å². The van der Waals surface area contributed by atoms with Crippen molar-refractivity contribution in [1.29, 1.82) is 0 Å². The van der Waals surface area contributed by atoms with E-state index in [2.05, 4.69) is 220 Å². The minimum atomic E-state index is 1.05. The predicted octanol–water partition coefficient (Wildman–Crippen LogP) is 16.9. The Morgan fingerprint density at radius 3 is 1.19 bits per heavy atom. The van der Waals surface area contributed by atoms with Crippen LogP contribution in [-0.4, -0.2) is 6.54 Å². The number of fused-ring (bicyclic) bond motifs is 4. The van der Waals surface area contributed by atoms with E-state index in [0.717, 1.165) is 24.3 Å². The van der Waals surface area contributed by atoms with Crippen LogP contribution in [0, 0.1) is 27.7 Å². The van der Waals surface area contributed by atoms with E-state index < -0.39 is 0 Å². The molecule has 2 nitrogen and oxygen atoms in total. The molecule has 0 saturated carbocycles. The van der Waals surface area contributed by atoms with Gasteiger partial charge in [-0.25, -0.2) is 0 Å². The monoisotopic (exact) mass is 766 g/mol. The Bertz CT molecular complexity index is 2880. The average Bonchev–Trinajstić information content (AvgIpc) is 3.28. The molecule has 0 radical (unpaired) electrons. The van der Waals surface area contributed by atoms with Crippen LogP contribution in [-0.2, 0) is 0 Å². The molecule has 292 valence electrons. The van der Waals surface area contributed by atoms with Crippen LogP contribution in [0.15, 0.2) is 176 Å². The molecule has 0 aliphatic rings. The molecular weight excluding hydrogens is 713 g/mol. The zero-order valence-corrected chi connectivity index (χ0v) is 35.6. The van der Waals surface area contributed by atoms with E-state index in [9.17, 15) is 0 Å². The fourth-order valence-corrected chi connectivity index (χ4v) is 8.60. The van der Waals surface area contributed by atoms with Gasteiger partial charge in [0.1, 0.15) is 0 Å². The molecule has 0 bridgehead atoms. The third-order valence-corrected chi connectivity index (χ3v) is 11.4. The van der Waals surface area contributed by atoms with Crippen molar-refractivity contribution in [3.05, 3.63) is 198 Å². The normalized spacial score (nSPS) is 11.1. The van der Waals surface area contributed by atoms with Crippen molar-refractivity contribution in [2.45, 2.75) is 54.9 Å². The lowest BCUT2D eigenvalue weighted by molar-refractivity contribution is 0.885. The molecule has 0 spiro atoms. The maximum absolute atomic E-state index is 2.45. The third-order valence-electron chi connectivity index (χ3n) is 11.4. The fourth-order valence-electron chi connectivity index (χ4n) is 8.60. The molecule has 10 aromatic rings. The van der Waals surface area contributed by atoms with Gasteiger partial charge in [-0.1, -0.05) is 170 Å². The summed E-state index contributed by atoms with van der Waals surface area (Å²) in [5.74, 6) is 0. The number of nitrogens with zero attached hydrogens (tertiary/aromatic N) is 2. The summed E-state index contributed by atoms with van der Waals surface area (Å²) in [4.78, 5) is 4.82. The first kappa shape index (κ1) is 39.2. The van der Waals surface area contributed by atoms with Crippen LogP contribution in [0.5, 0.6) is 0 Å². The second-order valence-corrected chi connectivity index (χ2v) is 15.5. The number of benzene rings is 10. The van der Waals surface area contributed by atoms with Crippen LogP contribution in [0.3, 0.4) is 0 Å². The van der Waals surface area contributed by atoms with Crippen molar-refractivity contribution in [1.82, 2.24) is 0 Å². The van der Waals surface area contributed by atoms with Crippen LogP contribution in [0.4, 0.5) is 28.4 Å². The summed E-state index contributed by atoms with van der Waals surface area (Å²) in [5, 5.41) is 13.1. The zero-order chi connectivity index (χ0) is 41.0. The smallest absolute Gasteiger partial charge is 0.0619 e. The first-order valence-corrected chi connectivity index (χ1v) is 21.2. The molecule has 0 saturated heterocycles. The highest BCUT2D eigenvalue weighted by Crippen LogP contribution is 2.50. The van der Waals surface area contributed by atoms with Gasteiger partial charge in [0.25, 0.3) is 0 Å². The van der Waals surface area contributed by atoms with Crippen LogP contribution in [0.25, 0.3) is 53.9 Å². The van der Waals surface area contributed by atoms with Gasteiger partial charge in [-0.3, -0.25) is 0 Å². The number of hydrogen-bond donors (Lipinski definition) is 0. The Morgan fingerprint density at radius 2 is 0.695 bits per heavy atom. The summed E-state index contributed by atoms with van der Waals surface area (Å²) in [6.07, 6.45) is 1.14. The van der Waals surface area contributed by atoms with Crippen molar-refractivity contribution < 1.29 is 0 Å². The van der Waals surface area contributed by atoms with Gasteiger partial charge >= 0.3 is 0 Å². The quantitative estimate of drug-likeness (QED) is 0.118. The van der Waals surface area contributed by atoms with E-state index in [0.29, 0.717) is 0 Å². The minimum absolute atomic E-state index is 1.05. The first-order chi connectivity index (χ1) is 28.9. The van der Waals surface area contributed by atoms with Gasteiger partial charge in [0, 0.05) is 45.5 Å². The first-order valence-electron chi connectivity index (χ1n) is 21.2. The Morgan fingerprint density at radius 1 is 0.339 bits per heavy atom. The average molecular weight is 767 g/mol. The van der Waals surface area contributed by atoms with E-state index in [4.69, 9.17) is 0 Å². The molecule has 0 amide bonds. The van der Waals surface area contributed by atoms with Crippen molar-refractivity contribution in [2.75, 3.05) is 16.3 Å². The lowest BCUT2D eigenvalue weighted by atomic mass is 9.86. The molecule has 0 aromatic heterocycles.